The predicted molar refractivity (Wildman–Crippen MR) is 210 cm³/mol. The largest absolute Gasteiger partial charge is 0.489 e. The first-order chi connectivity index (χ1) is 25.8. The normalized spacial score (nSPS) is 12.7. The van der Waals surface area contributed by atoms with Gasteiger partial charge in [-0.3, -0.25) is 20.2 Å². The Morgan fingerprint density at radius 2 is 1.19 bits per heavy atom. The molecule has 0 saturated carbocycles. The number of anilines is 4. The van der Waals surface area contributed by atoms with Crippen LogP contribution in [0.4, 0.5) is 23.0 Å². The molecule has 0 atom stereocenters. The van der Waals surface area contributed by atoms with E-state index < -0.39 is 0 Å². The Balaban J connectivity index is 0.000000154. The second-order valence-electron chi connectivity index (χ2n) is 13.0. The molecule has 4 aromatic heterocycles. The third-order valence-corrected chi connectivity index (χ3v) is 8.99. The van der Waals surface area contributed by atoms with Crippen molar-refractivity contribution in [1.29, 1.82) is 0 Å². The molecule has 2 aliphatic heterocycles. The van der Waals surface area contributed by atoms with E-state index in [1.54, 1.807) is 0 Å². The molecular weight excluding hydrogens is 736 g/mol. The first-order valence-electron chi connectivity index (χ1n) is 17.1. The topological polar surface area (TPSA) is 176 Å². The summed E-state index contributed by atoms with van der Waals surface area (Å²) in [6.07, 6.45) is 6.88. The Labute approximate surface area is 312 Å². The summed E-state index contributed by atoms with van der Waals surface area (Å²) in [6, 6.07) is 18.2. The Bertz CT molecular complexity index is 2510. The molecule has 0 amide bonds. The van der Waals surface area contributed by atoms with Crippen LogP contribution in [0.3, 0.4) is 0 Å². The van der Waals surface area contributed by atoms with E-state index in [9.17, 15) is 0 Å². The summed E-state index contributed by atoms with van der Waals surface area (Å²) < 4.78 is 12.8. The van der Waals surface area contributed by atoms with Gasteiger partial charge in [-0.1, -0.05) is 30.3 Å². The van der Waals surface area contributed by atoms with Crippen molar-refractivity contribution in [2.24, 2.45) is 9.98 Å². The zero-order valence-electron chi connectivity index (χ0n) is 29.3. The molecule has 0 saturated heterocycles. The number of nitrogens with zero attached hydrogens (tertiary/aromatic N) is 8. The van der Waals surface area contributed by atoms with Crippen LogP contribution in [0, 0.1) is 0 Å². The highest BCUT2D eigenvalue weighted by Gasteiger charge is 2.20. The Morgan fingerprint density at radius 3 is 1.75 bits per heavy atom. The van der Waals surface area contributed by atoms with Crippen molar-refractivity contribution in [2.75, 3.05) is 10.6 Å². The fourth-order valence-corrected chi connectivity index (χ4v) is 6.56. The third kappa shape index (κ3) is 7.02. The molecule has 0 aliphatic carbocycles. The number of fused-ring (bicyclic) bond motifs is 4. The monoisotopic (exact) mass is 770 g/mol. The van der Waals surface area contributed by atoms with Gasteiger partial charge < -0.3 is 20.1 Å². The first kappa shape index (κ1) is 33.9. The summed E-state index contributed by atoms with van der Waals surface area (Å²) in [7, 11) is 0. The minimum atomic E-state index is 0.0511. The highest BCUT2D eigenvalue weighted by Crippen LogP contribution is 2.38. The number of halogens is 1. The zero-order valence-corrected chi connectivity index (χ0v) is 30.9. The van der Waals surface area contributed by atoms with Gasteiger partial charge in [-0.05, 0) is 90.1 Å². The number of H-pyrrole nitrogens is 2. The lowest BCUT2D eigenvalue weighted by molar-refractivity contribution is 0.243. The Morgan fingerprint density at radius 1 is 0.660 bits per heavy atom. The lowest BCUT2D eigenvalue weighted by Gasteiger charge is -2.17. The number of nitrogens with one attached hydrogen (secondary N) is 4. The smallest absolute Gasteiger partial charge is 0.187 e. The minimum Gasteiger partial charge on any atom is -0.489 e. The average Bonchev–Trinajstić information content (AvgIpc) is 3.96. The van der Waals surface area contributed by atoms with Gasteiger partial charge in [0.2, 0.25) is 0 Å². The van der Waals surface area contributed by atoms with Crippen molar-refractivity contribution in [2.45, 2.75) is 53.0 Å². The maximum absolute atomic E-state index is 6.07. The number of rotatable bonds is 9. The van der Waals surface area contributed by atoms with E-state index in [2.05, 4.69) is 89.0 Å². The van der Waals surface area contributed by atoms with E-state index in [1.807, 2.05) is 82.6 Å². The van der Waals surface area contributed by atoms with Crippen molar-refractivity contribution in [3.8, 4) is 22.8 Å². The van der Waals surface area contributed by atoms with E-state index in [-0.39, 0.29) is 12.2 Å². The predicted octanol–water partition coefficient (Wildman–Crippen LogP) is 8.06. The highest BCUT2D eigenvalue weighted by atomic mass is 79.9. The van der Waals surface area contributed by atoms with Gasteiger partial charge in [0, 0.05) is 18.0 Å². The molecule has 0 bridgehead atoms. The van der Waals surface area contributed by atoms with Gasteiger partial charge in [-0.15, -0.1) is 0 Å². The number of aromatic amines is 2. The number of aromatic nitrogens is 8. The SMILES string of the molecule is CC(C)Oc1cc2c(cc1Nc1ncnc3n[nH]c(-c4ccccc4)c13)C=NC2.CC(C)Oc1cc2c(cc1Nc1ncnc3n[nH]c(Br)c13)C=NC2. The van der Waals surface area contributed by atoms with E-state index in [0.717, 1.165) is 71.8 Å². The molecule has 14 nitrogen and oxygen atoms in total. The quantitative estimate of drug-likeness (QED) is 0.112. The first-order valence-corrected chi connectivity index (χ1v) is 17.9. The molecule has 6 heterocycles. The minimum absolute atomic E-state index is 0.0511. The van der Waals surface area contributed by atoms with Crippen LogP contribution in [0.15, 0.2) is 81.8 Å². The maximum atomic E-state index is 6.07. The van der Waals surface area contributed by atoms with Gasteiger partial charge in [0.25, 0.3) is 0 Å². The number of hydrogen-bond donors (Lipinski definition) is 4. The van der Waals surface area contributed by atoms with Gasteiger partial charge in [0.15, 0.2) is 11.3 Å². The Kier molecular flexibility index (Phi) is 9.22. The van der Waals surface area contributed by atoms with Gasteiger partial charge in [-0.25, -0.2) is 19.9 Å². The molecule has 266 valence electrons. The lowest BCUT2D eigenvalue weighted by Crippen LogP contribution is -2.09. The fourth-order valence-electron chi connectivity index (χ4n) is 6.11. The van der Waals surface area contributed by atoms with Crippen molar-refractivity contribution in [1.82, 2.24) is 40.3 Å². The summed E-state index contributed by atoms with van der Waals surface area (Å²) in [5.74, 6) is 2.89. The average molecular weight is 772 g/mol. The molecule has 2 aliphatic rings. The van der Waals surface area contributed by atoms with Gasteiger partial charge in [0.05, 0.1) is 53.1 Å². The Hall–Kier alpha value is -6.22. The highest BCUT2D eigenvalue weighted by molar-refractivity contribution is 9.10. The van der Waals surface area contributed by atoms with E-state index in [4.69, 9.17) is 9.47 Å². The van der Waals surface area contributed by atoms with Crippen molar-refractivity contribution >= 4 is 73.4 Å². The molecule has 0 fully saturated rings. The molecule has 0 spiro atoms. The van der Waals surface area contributed by atoms with Crippen LogP contribution in [-0.4, -0.2) is 65.0 Å². The third-order valence-electron chi connectivity index (χ3n) is 8.42. The van der Waals surface area contributed by atoms with Crippen LogP contribution in [0.1, 0.15) is 49.9 Å². The van der Waals surface area contributed by atoms with Gasteiger partial charge in [-0.2, -0.15) is 10.2 Å². The lowest BCUT2D eigenvalue weighted by atomic mass is 10.1. The summed E-state index contributed by atoms with van der Waals surface area (Å²) in [6.45, 7) is 9.41. The molecule has 0 radical (unpaired) electrons. The number of hydrogen-bond acceptors (Lipinski definition) is 12. The standard InChI is InChI=1S/C22H20N6O.C16H15BrN6O/c1-13(2)29-18-9-16-11-23-10-15(16)8-17(18)26-21-19-20(14-6-4-3-5-7-14)27-28-22(19)25-12-24-21;1-8(2)24-12-4-10-6-18-5-9(10)3-11(12)21-15-13-14(17)22-23-16(13)20-7-19-15/h3-10,12-13H,11H2,1-2H3,(H2,24,25,26,27,28);3-5,7-8H,6H2,1-2H3,(H2,19,20,21,22,23). The van der Waals surface area contributed by atoms with Crippen LogP contribution < -0.4 is 20.1 Å². The van der Waals surface area contributed by atoms with Crippen molar-refractivity contribution in [3.05, 3.63) is 94.1 Å². The van der Waals surface area contributed by atoms with Gasteiger partial charge >= 0.3 is 0 Å². The molecule has 3 aromatic carbocycles. The molecule has 4 N–H and O–H groups in total. The zero-order chi connectivity index (χ0) is 36.5. The van der Waals surface area contributed by atoms with Crippen molar-refractivity contribution in [3.63, 3.8) is 0 Å². The maximum Gasteiger partial charge on any atom is 0.187 e. The summed E-state index contributed by atoms with van der Waals surface area (Å²) in [5.41, 5.74) is 9.26. The molecule has 15 heteroatoms. The van der Waals surface area contributed by atoms with Crippen LogP contribution >= 0.6 is 15.9 Å². The number of benzene rings is 3. The van der Waals surface area contributed by atoms with Crippen LogP contribution in [-0.2, 0) is 13.1 Å². The number of aliphatic imine (C=N–C) groups is 2. The second-order valence-corrected chi connectivity index (χ2v) is 13.8. The molecular formula is C38H35BrN12O2. The summed E-state index contributed by atoms with van der Waals surface area (Å²) in [4.78, 5) is 26.0. The molecule has 7 aromatic rings. The van der Waals surface area contributed by atoms with E-state index in [1.165, 1.54) is 12.7 Å². The van der Waals surface area contributed by atoms with E-state index >= 15 is 0 Å². The van der Waals surface area contributed by atoms with Gasteiger partial charge in [0.1, 0.15) is 40.4 Å². The van der Waals surface area contributed by atoms with Crippen molar-refractivity contribution < 1.29 is 9.47 Å². The summed E-state index contributed by atoms with van der Waals surface area (Å²) in [5, 5.41) is 22.9. The fraction of sp³-hybridized carbons (Fsp3) is 0.211. The molecule has 9 rings (SSSR count). The molecule has 53 heavy (non-hydrogen) atoms. The van der Waals surface area contributed by atoms with Crippen LogP contribution in [0.5, 0.6) is 11.5 Å². The van der Waals surface area contributed by atoms with Crippen LogP contribution in [0.25, 0.3) is 33.3 Å². The van der Waals surface area contributed by atoms with Crippen LogP contribution in [0.2, 0.25) is 0 Å². The second kappa shape index (κ2) is 14.4. The van der Waals surface area contributed by atoms with E-state index in [0.29, 0.717) is 36.0 Å². The summed E-state index contributed by atoms with van der Waals surface area (Å²) >= 11 is 3.45. The molecule has 0 unspecified atom stereocenters. The number of ether oxygens (including phenoxy) is 2.